The maximum absolute atomic E-state index is 15.6. The molecule has 6 heteroatoms. The van der Waals surface area contributed by atoms with Gasteiger partial charge in [0.15, 0.2) is 0 Å². The summed E-state index contributed by atoms with van der Waals surface area (Å²) in [5.74, 6) is 0. The van der Waals surface area contributed by atoms with Gasteiger partial charge in [0.1, 0.15) is 7.02 Å². The number of benzene rings is 5. The molecule has 0 radical (unpaired) electrons. The third kappa shape index (κ3) is 2.51. The first kappa shape index (κ1) is 21.9. The molecule has 0 amide bonds. The lowest BCUT2D eigenvalue weighted by molar-refractivity contribution is 0.595. The van der Waals surface area contributed by atoms with Gasteiger partial charge in [-0.15, -0.1) is 0 Å². The van der Waals surface area contributed by atoms with Crippen LogP contribution in [-0.2, 0) is 4.57 Å². The Bertz CT molecular complexity index is 2290. The van der Waals surface area contributed by atoms with E-state index in [0.29, 0.717) is 0 Å². The smallest absolute Gasteiger partial charge is 0.373 e. The standard InChI is InChI=1S/C35H21BN3OP/c40-41-33-16-8-4-12-26(33)34-35(41)32(19-20-37-34)39-31-15-7-3-11-25(31)27-21-22(17-18-28(27)36(39)41)38-29-13-5-1-9-23(29)24-10-2-6-14-30(24)38/h1-21H. The molecule has 3 aliphatic rings. The van der Waals surface area contributed by atoms with Crippen molar-refractivity contribution >= 4 is 62.8 Å². The minimum atomic E-state index is -3.05. The van der Waals surface area contributed by atoms with E-state index in [2.05, 4.69) is 113 Å². The quantitative estimate of drug-likeness (QED) is 0.166. The number of para-hydroxylation sites is 3. The van der Waals surface area contributed by atoms with Crippen molar-refractivity contribution < 1.29 is 4.57 Å². The monoisotopic (exact) mass is 541 g/mol. The molecule has 2 aromatic heterocycles. The van der Waals surface area contributed by atoms with Crippen molar-refractivity contribution in [2.24, 2.45) is 0 Å². The number of fused-ring (bicyclic) bond motifs is 14. The molecule has 5 aromatic carbocycles. The van der Waals surface area contributed by atoms with Crippen LogP contribution in [0, 0.1) is 0 Å². The minimum Gasteiger partial charge on any atom is -0.373 e. The summed E-state index contributed by atoms with van der Waals surface area (Å²) < 4.78 is 18.0. The van der Waals surface area contributed by atoms with Crippen LogP contribution in [0.5, 0.6) is 0 Å². The van der Waals surface area contributed by atoms with Crippen molar-refractivity contribution in [3.05, 3.63) is 128 Å². The molecular weight excluding hydrogens is 520 g/mol. The van der Waals surface area contributed by atoms with Crippen molar-refractivity contribution in [2.75, 3.05) is 4.81 Å². The van der Waals surface area contributed by atoms with Gasteiger partial charge >= 0.3 is 6.57 Å². The van der Waals surface area contributed by atoms with Gasteiger partial charge in [0, 0.05) is 50.5 Å². The number of pyridine rings is 1. The van der Waals surface area contributed by atoms with Crippen LogP contribution in [0.1, 0.15) is 0 Å². The zero-order valence-electron chi connectivity index (χ0n) is 21.9. The number of aromatic nitrogens is 2. The van der Waals surface area contributed by atoms with Crippen LogP contribution < -0.4 is 20.9 Å². The molecule has 7 aromatic rings. The number of rotatable bonds is 1. The largest absolute Gasteiger partial charge is 0.377 e. The topological polar surface area (TPSA) is 38.1 Å². The third-order valence-corrected chi connectivity index (χ3v) is 12.6. The van der Waals surface area contributed by atoms with Gasteiger partial charge in [0.05, 0.1) is 22.0 Å². The Hall–Kier alpha value is -4.86. The van der Waals surface area contributed by atoms with Gasteiger partial charge in [-0.25, -0.2) is 0 Å². The average molecular weight is 541 g/mol. The van der Waals surface area contributed by atoms with Crippen LogP contribution in [-0.4, -0.2) is 16.1 Å². The number of hydrogen-bond acceptors (Lipinski definition) is 3. The number of anilines is 2. The lowest BCUT2D eigenvalue weighted by Crippen LogP contribution is -2.48. The maximum Gasteiger partial charge on any atom is 0.377 e. The highest BCUT2D eigenvalue weighted by Gasteiger charge is 2.61. The van der Waals surface area contributed by atoms with Gasteiger partial charge in [-0.2, -0.15) is 0 Å². The molecule has 3 aliphatic heterocycles. The highest BCUT2D eigenvalue weighted by molar-refractivity contribution is 8.09. The maximum atomic E-state index is 15.6. The Balaban J connectivity index is 1.29. The van der Waals surface area contributed by atoms with Crippen LogP contribution in [0.3, 0.4) is 0 Å². The third-order valence-electron chi connectivity index (χ3n) is 9.21. The Morgan fingerprint density at radius 1 is 0.634 bits per heavy atom. The summed E-state index contributed by atoms with van der Waals surface area (Å²) >= 11 is 0. The highest BCUT2D eigenvalue weighted by Crippen LogP contribution is 2.65. The van der Waals surface area contributed by atoms with Crippen molar-refractivity contribution in [1.82, 2.24) is 9.55 Å². The van der Waals surface area contributed by atoms with Crippen molar-refractivity contribution in [3.63, 3.8) is 0 Å². The fourth-order valence-corrected chi connectivity index (χ4v) is 11.4. The van der Waals surface area contributed by atoms with Gasteiger partial charge in [-0.05, 0) is 47.4 Å². The number of nitrogens with zero attached hydrogens (tertiary/aromatic N) is 3. The van der Waals surface area contributed by atoms with Gasteiger partial charge < -0.3 is 13.9 Å². The lowest BCUT2D eigenvalue weighted by Gasteiger charge is -2.35. The van der Waals surface area contributed by atoms with Gasteiger partial charge in [0.2, 0.25) is 0 Å². The van der Waals surface area contributed by atoms with Gasteiger partial charge in [0.25, 0.3) is 0 Å². The molecule has 190 valence electrons. The van der Waals surface area contributed by atoms with Crippen molar-refractivity contribution in [2.45, 2.75) is 0 Å². The predicted molar refractivity (Wildman–Crippen MR) is 170 cm³/mol. The molecular formula is C35H21BN3OP. The zero-order chi connectivity index (χ0) is 26.9. The summed E-state index contributed by atoms with van der Waals surface area (Å²) in [6.45, 7) is -0.304. The highest BCUT2D eigenvalue weighted by atomic mass is 31.2. The van der Waals surface area contributed by atoms with E-state index in [0.717, 1.165) is 55.5 Å². The molecule has 0 fully saturated rings. The SMILES string of the molecule is O=P12B3c4ccc(-n5c6ccccc6c6ccccc65)cc4-c4ccccc4N3c3ccnc(c31)-c1ccccc12. The molecule has 0 N–H and O–H groups in total. The van der Waals surface area contributed by atoms with E-state index in [1.165, 1.54) is 21.8 Å². The predicted octanol–water partition coefficient (Wildman–Crippen LogP) is 7.00. The lowest BCUT2D eigenvalue weighted by atomic mass is 9.69. The second kappa shape index (κ2) is 7.45. The van der Waals surface area contributed by atoms with Crippen LogP contribution in [0.4, 0.5) is 11.4 Å². The molecule has 0 aliphatic carbocycles. The fraction of sp³-hybridized carbons (Fsp3) is 0. The van der Waals surface area contributed by atoms with E-state index in [4.69, 9.17) is 4.98 Å². The molecule has 0 saturated carbocycles. The van der Waals surface area contributed by atoms with E-state index in [9.17, 15) is 0 Å². The van der Waals surface area contributed by atoms with Crippen LogP contribution in [0.2, 0.25) is 0 Å². The summed E-state index contributed by atoms with van der Waals surface area (Å²) in [6, 6.07) is 42.7. The first-order valence-corrected chi connectivity index (χ1v) is 15.7. The Morgan fingerprint density at radius 3 is 2.12 bits per heavy atom. The average Bonchev–Trinajstić information content (AvgIpc) is 3.61. The zero-order valence-corrected chi connectivity index (χ0v) is 22.8. The second-order valence-corrected chi connectivity index (χ2v) is 13.8. The molecule has 0 saturated heterocycles. The molecule has 0 bridgehead atoms. The number of hydrogen-bond donors (Lipinski definition) is 0. The van der Waals surface area contributed by atoms with E-state index in [1.54, 1.807) is 0 Å². The van der Waals surface area contributed by atoms with E-state index < -0.39 is 7.02 Å². The molecule has 0 spiro atoms. The first-order chi connectivity index (χ1) is 20.2. The van der Waals surface area contributed by atoms with E-state index >= 15 is 4.57 Å². The molecule has 5 heterocycles. The van der Waals surface area contributed by atoms with Crippen LogP contribution in [0.15, 0.2) is 128 Å². The molecule has 10 rings (SSSR count). The van der Waals surface area contributed by atoms with Crippen LogP contribution in [0.25, 0.3) is 49.9 Å². The summed E-state index contributed by atoms with van der Waals surface area (Å²) in [5, 5.41) is 4.33. The summed E-state index contributed by atoms with van der Waals surface area (Å²) in [5.41, 5.74) is 10.9. The molecule has 41 heavy (non-hydrogen) atoms. The van der Waals surface area contributed by atoms with Gasteiger partial charge in [-0.3, -0.25) is 4.98 Å². The van der Waals surface area contributed by atoms with E-state index in [-0.39, 0.29) is 6.57 Å². The summed E-state index contributed by atoms with van der Waals surface area (Å²) in [7, 11) is -3.05. The Kier molecular flexibility index (Phi) is 3.98. The molecule has 1 unspecified atom stereocenters. The normalized spacial score (nSPS) is 17.4. The van der Waals surface area contributed by atoms with Gasteiger partial charge in [-0.1, -0.05) is 84.9 Å². The minimum absolute atomic E-state index is 0.304. The second-order valence-electron chi connectivity index (χ2n) is 11.1. The molecule has 4 nitrogen and oxygen atoms in total. The van der Waals surface area contributed by atoms with E-state index in [1.807, 2.05) is 24.4 Å². The van der Waals surface area contributed by atoms with Crippen molar-refractivity contribution in [1.29, 1.82) is 0 Å². The Morgan fingerprint density at radius 2 is 1.32 bits per heavy atom. The summed E-state index contributed by atoms with van der Waals surface area (Å²) in [6.07, 6.45) is 1.87. The Labute approximate surface area is 236 Å². The fourth-order valence-electron chi connectivity index (χ4n) is 7.65. The summed E-state index contributed by atoms with van der Waals surface area (Å²) in [4.78, 5) is 7.10. The first-order valence-electron chi connectivity index (χ1n) is 14.0. The van der Waals surface area contributed by atoms with Crippen molar-refractivity contribution in [3.8, 4) is 28.1 Å². The molecule has 1 atom stereocenters. The van der Waals surface area contributed by atoms with Crippen LogP contribution >= 0.6 is 7.02 Å².